The predicted octanol–water partition coefficient (Wildman–Crippen LogP) is 3.70. The van der Waals surface area contributed by atoms with Gasteiger partial charge in [-0.1, -0.05) is 11.6 Å². The van der Waals surface area contributed by atoms with Crippen LogP contribution in [0.3, 0.4) is 0 Å². The number of carbonyl (C=O) groups is 1. The first-order valence-corrected chi connectivity index (χ1v) is 7.67. The summed E-state index contributed by atoms with van der Waals surface area (Å²) < 4.78 is 10.9. The van der Waals surface area contributed by atoms with Crippen LogP contribution in [-0.4, -0.2) is 22.9 Å². The molecule has 0 bridgehead atoms. The molecule has 0 saturated carbocycles. The van der Waals surface area contributed by atoms with E-state index in [9.17, 15) is 14.9 Å². The Morgan fingerprint density at radius 2 is 1.96 bits per heavy atom. The van der Waals surface area contributed by atoms with Crippen LogP contribution in [0.15, 0.2) is 42.6 Å². The minimum atomic E-state index is -0.660. The molecule has 1 heterocycles. The Kier molecular flexibility index (Phi) is 4.59. The topological polar surface area (TPSA) is 118 Å². The van der Waals surface area contributed by atoms with Crippen molar-refractivity contribution in [2.45, 2.75) is 0 Å². The molecule has 1 aromatic heterocycles. The Morgan fingerprint density at radius 3 is 2.58 bits per heavy atom. The molecule has 0 unspecified atom stereocenters. The summed E-state index contributed by atoms with van der Waals surface area (Å²) in [4.78, 5) is 26.1. The molecule has 3 rings (SSSR count). The maximum Gasteiger partial charge on any atom is 0.271 e. The molecule has 26 heavy (non-hydrogen) atoms. The average molecular weight is 374 g/mol. The van der Waals surface area contributed by atoms with Gasteiger partial charge in [0, 0.05) is 29.8 Å². The van der Waals surface area contributed by atoms with Crippen LogP contribution < -0.4 is 15.2 Å². The summed E-state index contributed by atoms with van der Waals surface area (Å²) in [5.74, 6) is 0.215. The number of halogens is 1. The molecule has 1 amide bonds. The van der Waals surface area contributed by atoms with Gasteiger partial charge in [-0.15, -0.1) is 0 Å². The lowest BCUT2D eigenvalue weighted by atomic mass is 10.1. The third-order valence-electron chi connectivity index (χ3n) is 3.63. The number of nitrogens with two attached hydrogens (primary N) is 1. The van der Waals surface area contributed by atoms with Crippen LogP contribution in [0.1, 0.15) is 10.4 Å². The number of aromatic nitrogens is 1. The van der Waals surface area contributed by atoms with Crippen LogP contribution in [0, 0.1) is 10.1 Å². The Labute approximate surface area is 152 Å². The summed E-state index contributed by atoms with van der Waals surface area (Å²) in [5.41, 5.74) is 5.93. The van der Waals surface area contributed by atoms with Crippen molar-refractivity contribution >= 4 is 34.1 Å². The van der Waals surface area contributed by atoms with Crippen LogP contribution in [0.4, 0.5) is 5.69 Å². The summed E-state index contributed by atoms with van der Waals surface area (Å²) in [6, 6.07) is 8.53. The van der Waals surface area contributed by atoms with Crippen molar-refractivity contribution < 1.29 is 19.2 Å². The van der Waals surface area contributed by atoms with E-state index in [1.165, 1.54) is 37.6 Å². The number of ether oxygens (including phenoxy) is 2. The van der Waals surface area contributed by atoms with Gasteiger partial charge in [0.25, 0.3) is 11.6 Å². The molecular formula is C17H12ClN3O5. The monoisotopic (exact) mass is 373 g/mol. The van der Waals surface area contributed by atoms with Crippen molar-refractivity contribution in [2.75, 3.05) is 7.11 Å². The number of rotatable bonds is 5. The molecule has 0 fully saturated rings. The van der Waals surface area contributed by atoms with E-state index in [0.29, 0.717) is 22.4 Å². The number of hydrogen-bond acceptors (Lipinski definition) is 6. The van der Waals surface area contributed by atoms with Crippen LogP contribution in [-0.2, 0) is 0 Å². The van der Waals surface area contributed by atoms with Crippen LogP contribution >= 0.6 is 11.6 Å². The minimum absolute atomic E-state index is 0.0767. The smallest absolute Gasteiger partial charge is 0.271 e. The number of methoxy groups -OCH3 is 1. The van der Waals surface area contributed by atoms with Gasteiger partial charge in [-0.2, -0.15) is 0 Å². The zero-order valence-electron chi connectivity index (χ0n) is 13.4. The fraction of sp³-hybridized carbons (Fsp3) is 0.0588. The van der Waals surface area contributed by atoms with Gasteiger partial charge in [-0.3, -0.25) is 19.9 Å². The number of primary amides is 1. The fourth-order valence-corrected chi connectivity index (χ4v) is 2.62. The molecule has 9 heteroatoms. The molecule has 8 nitrogen and oxygen atoms in total. The molecule has 0 saturated heterocycles. The van der Waals surface area contributed by atoms with Crippen LogP contribution in [0.25, 0.3) is 10.9 Å². The van der Waals surface area contributed by atoms with Crippen molar-refractivity contribution in [3.63, 3.8) is 0 Å². The number of non-ortho nitro benzene ring substituents is 1. The molecular weight excluding hydrogens is 362 g/mol. The summed E-state index contributed by atoms with van der Waals surface area (Å²) in [7, 11) is 1.42. The molecule has 0 atom stereocenters. The number of benzene rings is 2. The highest BCUT2D eigenvalue weighted by molar-refractivity contribution is 6.32. The first kappa shape index (κ1) is 17.4. The van der Waals surface area contributed by atoms with Crippen LogP contribution in [0.2, 0.25) is 5.02 Å². The van der Waals surface area contributed by atoms with Gasteiger partial charge in [-0.05, 0) is 18.2 Å². The average Bonchev–Trinajstić information content (AvgIpc) is 2.62. The summed E-state index contributed by atoms with van der Waals surface area (Å²) in [5, 5.41) is 11.4. The van der Waals surface area contributed by atoms with Crippen molar-refractivity contribution in [1.29, 1.82) is 0 Å². The van der Waals surface area contributed by atoms with E-state index in [0.717, 1.165) is 0 Å². The number of nitrogens with zero attached hydrogens (tertiary/aromatic N) is 2. The number of nitro benzene ring substituents is 1. The van der Waals surface area contributed by atoms with E-state index in [2.05, 4.69) is 4.98 Å². The molecule has 0 aliphatic heterocycles. The Morgan fingerprint density at radius 1 is 1.19 bits per heavy atom. The number of nitro groups is 1. The van der Waals surface area contributed by atoms with E-state index in [1.807, 2.05) is 0 Å². The lowest BCUT2D eigenvalue weighted by Gasteiger charge is -2.12. The lowest BCUT2D eigenvalue weighted by molar-refractivity contribution is -0.384. The largest absolute Gasteiger partial charge is 0.496 e. The maximum absolute atomic E-state index is 11.6. The quantitative estimate of drug-likeness (QED) is 0.538. The van der Waals surface area contributed by atoms with Crippen molar-refractivity contribution in [3.05, 3.63) is 63.3 Å². The second-order valence-corrected chi connectivity index (χ2v) is 5.62. The van der Waals surface area contributed by atoms with E-state index in [1.54, 1.807) is 12.1 Å². The van der Waals surface area contributed by atoms with Gasteiger partial charge in [0.2, 0.25) is 0 Å². The van der Waals surface area contributed by atoms with E-state index in [4.69, 9.17) is 26.8 Å². The standard InChI is InChI=1S/C17H12ClN3O5/c1-25-16-8-13-10(7-11(16)17(19)22)14(4-5-20-13)26-15-3-2-9(21(23)24)6-12(15)18/h2-8H,1H3,(H2,19,22). The number of fused-ring (bicyclic) bond motifs is 1. The van der Waals surface area contributed by atoms with Gasteiger partial charge >= 0.3 is 0 Å². The number of carbonyl (C=O) groups excluding carboxylic acids is 1. The summed E-state index contributed by atoms with van der Waals surface area (Å²) in [6.07, 6.45) is 1.51. The number of pyridine rings is 1. The first-order valence-electron chi connectivity index (χ1n) is 7.29. The van der Waals surface area contributed by atoms with Gasteiger partial charge in [0.1, 0.15) is 17.2 Å². The Bertz CT molecular complexity index is 1040. The maximum atomic E-state index is 11.6. The normalized spacial score (nSPS) is 10.5. The molecule has 0 radical (unpaired) electrons. The van der Waals surface area contributed by atoms with E-state index in [-0.39, 0.29) is 22.0 Å². The highest BCUT2D eigenvalue weighted by Gasteiger charge is 2.16. The lowest BCUT2D eigenvalue weighted by Crippen LogP contribution is -2.12. The predicted molar refractivity (Wildman–Crippen MR) is 95.0 cm³/mol. The summed E-state index contributed by atoms with van der Waals surface area (Å²) in [6.45, 7) is 0. The number of hydrogen-bond donors (Lipinski definition) is 1. The molecule has 2 N–H and O–H groups in total. The van der Waals surface area contributed by atoms with Crippen molar-refractivity contribution in [3.8, 4) is 17.2 Å². The van der Waals surface area contributed by atoms with Gasteiger partial charge < -0.3 is 15.2 Å². The third-order valence-corrected chi connectivity index (χ3v) is 3.93. The van der Waals surface area contributed by atoms with Crippen molar-refractivity contribution in [1.82, 2.24) is 4.98 Å². The molecule has 0 aliphatic carbocycles. The summed E-state index contributed by atoms with van der Waals surface area (Å²) >= 11 is 6.06. The SMILES string of the molecule is COc1cc2nccc(Oc3ccc([N+](=O)[O-])cc3Cl)c2cc1C(N)=O. The molecule has 0 aliphatic rings. The fourth-order valence-electron chi connectivity index (χ4n) is 2.40. The highest BCUT2D eigenvalue weighted by atomic mass is 35.5. The highest BCUT2D eigenvalue weighted by Crippen LogP contribution is 2.36. The third kappa shape index (κ3) is 3.22. The zero-order valence-corrected chi connectivity index (χ0v) is 14.2. The van der Waals surface area contributed by atoms with E-state index >= 15 is 0 Å². The molecule has 0 spiro atoms. The van der Waals surface area contributed by atoms with Gasteiger partial charge in [-0.25, -0.2) is 0 Å². The van der Waals surface area contributed by atoms with Gasteiger partial charge in [0.05, 0.1) is 28.1 Å². The molecule has 2 aromatic carbocycles. The second-order valence-electron chi connectivity index (χ2n) is 5.22. The van der Waals surface area contributed by atoms with Crippen LogP contribution in [0.5, 0.6) is 17.2 Å². The first-order chi connectivity index (χ1) is 12.4. The second kappa shape index (κ2) is 6.85. The Hall–Kier alpha value is -3.39. The zero-order chi connectivity index (χ0) is 18.8. The molecule has 132 valence electrons. The minimum Gasteiger partial charge on any atom is -0.496 e. The van der Waals surface area contributed by atoms with Crippen molar-refractivity contribution in [2.24, 2.45) is 5.73 Å². The number of amides is 1. The molecule has 3 aromatic rings. The van der Waals surface area contributed by atoms with Gasteiger partial charge in [0.15, 0.2) is 0 Å². The Balaban J connectivity index is 2.09. The van der Waals surface area contributed by atoms with E-state index < -0.39 is 10.8 Å².